The monoisotopic (exact) mass is 259 g/mol. The number of allylic oxidation sites excluding steroid dienone is 4. The van der Waals surface area contributed by atoms with Crippen LogP contribution in [0.2, 0.25) is 0 Å². The number of aliphatic imine (C=N–C) groups is 1. The lowest BCUT2D eigenvalue weighted by Crippen LogP contribution is -1.99. The molecule has 1 nitrogen and oxygen atoms in total. The molecule has 1 unspecified atom stereocenters. The lowest BCUT2D eigenvalue weighted by Gasteiger charge is -2.14. The quantitative estimate of drug-likeness (QED) is 0.624. The van der Waals surface area contributed by atoms with Gasteiger partial charge in [0.15, 0.2) is 0 Å². The Kier molecular flexibility index (Phi) is 2.91. The second-order valence-corrected chi connectivity index (χ2v) is 5.48. The first-order chi connectivity index (χ1) is 8.63. The molecule has 0 bridgehead atoms. The summed E-state index contributed by atoms with van der Waals surface area (Å²) >= 11 is 0. The number of fused-ring (bicyclic) bond motifs is 1. The Hall–Kier alpha value is -1.27. The predicted molar refractivity (Wildman–Crippen MR) is 76.4 cm³/mol. The molecule has 1 heterocycles. The lowest BCUT2D eigenvalue weighted by molar-refractivity contribution is 0.626. The van der Waals surface area contributed by atoms with Gasteiger partial charge in [-0.3, -0.25) is 4.99 Å². The van der Waals surface area contributed by atoms with Gasteiger partial charge in [0.25, 0.3) is 0 Å². The second-order valence-electron chi connectivity index (χ2n) is 4.94. The molecule has 0 saturated heterocycles. The Balaban J connectivity index is 2.15. The Morgan fingerprint density at radius 1 is 1.28 bits per heavy atom. The summed E-state index contributed by atoms with van der Waals surface area (Å²) in [7, 11) is 2.68. The number of rotatable bonds is 0. The number of halogens is 1. The first-order valence-electron chi connectivity index (χ1n) is 6.15. The number of hydrogen-bond donors (Lipinski definition) is 0. The van der Waals surface area contributed by atoms with Crippen LogP contribution in [-0.2, 0) is 6.42 Å². The average molecular weight is 259 g/mol. The summed E-state index contributed by atoms with van der Waals surface area (Å²) < 4.78 is 13.4. The van der Waals surface area contributed by atoms with Crippen LogP contribution in [-0.4, -0.2) is 5.45 Å². The van der Waals surface area contributed by atoms with Gasteiger partial charge in [0, 0.05) is 17.7 Å². The van der Waals surface area contributed by atoms with Crippen molar-refractivity contribution in [1.82, 2.24) is 0 Å². The van der Waals surface area contributed by atoms with Crippen molar-refractivity contribution in [3.8, 4) is 0 Å². The van der Waals surface area contributed by atoms with Gasteiger partial charge < -0.3 is 0 Å². The highest BCUT2D eigenvalue weighted by Crippen LogP contribution is 2.32. The molecule has 3 rings (SSSR count). The van der Waals surface area contributed by atoms with Crippen molar-refractivity contribution < 1.29 is 4.39 Å². The summed E-state index contributed by atoms with van der Waals surface area (Å²) in [4.78, 5) is 4.70. The smallest absolute Gasteiger partial charge is 0.123 e. The van der Waals surface area contributed by atoms with E-state index in [9.17, 15) is 4.39 Å². The fourth-order valence-electron chi connectivity index (χ4n) is 2.58. The summed E-state index contributed by atoms with van der Waals surface area (Å²) in [6.45, 7) is 2.15. The summed E-state index contributed by atoms with van der Waals surface area (Å²) in [5.41, 5.74) is 6.77. The summed E-state index contributed by atoms with van der Waals surface area (Å²) in [6.07, 6.45) is 5.05. The molecule has 0 radical (unpaired) electrons. The van der Waals surface area contributed by atoms with Gasteiger partial charge in [0.2, 0.25) is 0 Å². The van der Waals surface area contributed by atoms with Crippen molar-refractivity contribution in [2.45, 2.75) is 26.2 Å². The second kappa shape index (κ2) is 4.44. The summed E-state index contributed by atoms with van der Waals surface area (Å²) in [5, 5.41) is 0. The van der Waals surface area contributed by atoms with Crippen LogP contribution in [0.5, 0.6) is 0 Å². The Morgan fingerprint density at radius 3 is 2.94 bits per heavy atom. The number of benzene rings is 1. The normalized spacial score (nSPS) is 18.6. The molecule has 1 aromatic rings. The largest absolute Gasteiger partial charge is 0.253 e. The third-order valence-corrected chi connectivity index (χ3v) is 3.97. The number of nitrogens with zero attached hydrogens (tertiary/aromatic N) is 1. The van der Waals surface area contributed by atoms with E-state index in [1.807, 2.05) is 6.07 Å². The van der Waals surface area contributed by atoms with Crippen LogP contribution in [0.25, 0.3) is 0 Å². The van der Waals surface area contributed by atoms with Crippen molar-refractivity contribution in [3.63, 3.8) is 0 Å². The third-order valence-electron chi connectivity index (χ3n) is 3.53. The van der Waals surface area contributed by atoms with E-state index in [-0.39, 0.29) is 5.82 Å². The molecule has 1 aliphatic carbocycles. The molecule has 0 fully saturated rings. The fraction of sp³-hybridized carbons (Fsp3) is 0.267. The zero-order valence-corrected chi connectivity index (χ0v) is 11.5. The topological polar surface area (TPSA) is 12.4 Å². The van der Waals surface area contributed by atoms with Gasteiger partial charge in [0.05, 0.1) is 5.45 Å². The zero-order chi connectivity index (χ0) is 12.7. The van der Waals surface area contributed by atoms with Crippen LogP contribution in [0.15, 0.2) is 46.1 Å². The van der Waals surface area contributed by atoms with E-state index in [4.69, 9.17) is 4.99 Å². The van der Waals surface area contributed by atoms with Crippen molar-refractivity contribution in [2.24, 2.45) is 4.99 Å². The zero-order valence-electron chi connectivity index (χ0n) is 10.3. The minimum atomic E-state index is -0.174. The average Bonchev–Trinajstić information content (AvgIpc) is 2.44. The molecule has 0 spiro atoms. The number of hydrogen-bond acceptors (Lipinski definition) is 1. The first-order valence-corrected chi connectivity index (χ1v) is 6.73. The standard InChI is InChI=1S/C15H15FNP/c1-9-2-5-14-11(6-9)7-10-8-12(16)3-4-13(10)15(18)17-14/h3-4,6,8H,2,5,7,18H2,1H3. The van der Waals surface area contributed by atoms with E-state index in [1.54, 1.807) is 6.07 Å². The van der Waals surface area contributed by atoms with Gasteiger partial charge in [-0.05, 0) is 49.1 Å². The van der Waals surface area contributed by atoms with Crippen LogP contribution in [0.4, 0.5) is 4.39 Å². The Bertz CT molecular complexity index is 611. The highest BCUT2D eigenvalue weighted by Gasteiger charge is 2.18. The van der Waals surface area contributed by atoms with Crippen LogP contribution < -0.4 is 0 Å². The SMILES string of the molecule is CC1=CC2=C(CC1)N=C(P)c1ccc(F)cc1C2. The minimum Gasteiger partial charge on any atom is -0.253 e. The molecule has 18 heavy (non-hydrogen) atoms. The molecule has 92 valence electrons. The summed E-state index contributed by atoms with van der Waals surface area (Å²) in [6, 6.07) is 4.96. The van der Waals surface area contributed by atoms with Crippen LogP contribution >= 0.6 is 9.24 Å². The van der Waals surface area contributed by atoms with Crippen molar-refractivity contribution in [3.05, 3.63) is 58.1 Å². The minimum absolute atomic E-state index is 0.174. The van der Waals surface area contributed by atoms with E-state index >= 15 is 0 Å². The van der Waals surface area contributed by atoms with Gasteiger partial charge in [-0.1, -0.05) is 20.9 Å². The van der Waals surface area contributed by atoms with E-state index < -0.39 is 0 Å². The lowest BCUT2D eigenvalue weighted by atomic mass is 9.93. The van der Waals surface area contributed by atoms with Crippen LogP contribution in [0.1, 0.15) is 30.9 Å². The molecule has 0 N–H and O–H groups in total. The fourth-order valence-corrected chi connectivity index (χ4v) is 3.02. The van der Waals surface area contributed by atoms with Gasteiger partial charge in [-0.25, -0.2) is 4.39 Å². The van der Waals surface area contributed by atoms with Crippen LogP contribution in [0.3, 0.4) is 0 Å². The summed E-state index contributed by atoms with van der Waals surface area (Å²) in [5.74, 6) is -0.174. The molecule has 0 saturated carbocycles. The Morgan fingerprint density at radius 2 is 2.11 bits per heavy atom. The van der Waals surface area contributed by atoms with Crippen molar-refractivity contribution in [1.29, 1.82) is 0 Å². The van der Waals surface area contributed by atoms with Gasteiger partial charge in [0.1, 0.15) is 5.82 Å². The van der Waals surface area contributed by atoms with Crippen molar-refractivity contribution >= 4 is 14.7 Å². The highest BCUT2D eigenvalue weighted by molar-refractivity contribution is 7.42. The maximum atomic E-state index is 13.4. The molecule has 0 amide bonds. The molecular weight excluding hydrogens is 244 g/mol. The van der Waals surface area contributed by atoms with E-state index in [2.05, 4.69) is 22.2 Å². The third kappa shape index (κ3) is 2.06. The highest BCUT2D eigenvalue weighted by atomic mass is 31.0. The molecule has 0 aromatic heterocycles. The molecule has 1 atom stereocenters. The van der Waals surface area contributed by atoms with E-state index in [0.717, 1.165) is 41.5 Å². The van der Waals surface area contributed by atoms with Crippen molar-refractivity contribution in [2.75, 3.05) is 0 Å². The molecule has 3 heteroatoms. The van der Waals surface area contributed by atoms with Gasteiger partial charge >= 0.3 is 0 Å². The maximum absolute atomic E-state index is 13.4. The Labute approximate surface area is 109 Å². The van der Waals surface area contributed by atoms with Gasteiger partial charge in [-0.2, -0.15) is 0 Å². The molecular formula is C15H15FNP. The molecule has 1 aromatic carbocycles. The predicted octanol–water partition coefficient (Wildman–Crippen LogP) is 4.00. The van der Waals surface area contributed by atoms with Crippen LogP contribution in [0, 0.1) is 5.82 Å². The maximum Gasteiger partial charge on any atom is 0.123 e. The first kappa shape index (κ1) is 11.8. The van der Waals surface area contributed by atoms with Gasteiger partial charge in [-0.15, -0.1) is 0 Å². The van der Waals surface area contributed by atoms with E-state index in [1.165, 1.54) is 17.2 Å². The van der Waals surface area contributed by atoms with E-state index in [0.29, 0.717) is 0 Å². The molecule has 1 aliphatic heterocycles. The molecule has 2 aliphatic rings.